The van der Waals surface area contributed by atoms with E-state index < -0.39 is 68.0 Å². The molecule has 0 spiro atoms. The van der Waals surface area contributed by atoms with Crippen molar-refractivity contribution in [2.24, 2.45) is 0 Å². The van der Waals surface area contributed by atoms with Gasteiger partial charge in [0.2, 0.25) is 0 Å². The molecule has 0 heterocycles. The van der Waals surface area contributed by atoms with E-state index in [1.54, 1.807) is 0 Å². The Morgan fingerprint density at radius 3 is 0.600 bits per heavy atom. The summed E-state index contributed by atoms with van der Waals surface area (Å²) in [6.45, 7) is 0. The van der Waals surface area contributed by atoms with E-state index in [0.717, 1.165) is 0 Å². The maximum atomic E-state index is 12.3. The van der Waals surface area contributed by atoms with Gasteiger partial charge in [0.05, 0.1) is 0 Å². The van der Waals surface area contributed by atoms with Crippen molar-refractivity contribution in [2.75, 3.05) is 0 Å². The van der Waals surface area contributed by atoms with E-state index in [9.17, 15) is 43.9 Å². The summed E-state index contributed by atoms with van der Waals surface area (Å²) in [6.07, 6.45) is 0. The molecule has 0 saturated heterocycles. The molecule has 13 heteroatoms. The largest absolute Gasteiger partial charge is 0.774 e. The second-order valence-electron chi connectivity index (χ2n) is 3.80. The Labute approximate surface area is 154 Å². The standard InChI is InChI=1S/2C6HF5S.Cu/c2*7-1-2(8)4(10)6(12)5(11)3(1)9;/h2*12H;/p-2. The summed E-state index contributed by atoms with van der Waals surface area (Å²) in [5, 5.41) is 0. The van der Waals surface area contributed by atoms with Gasteiger partial charge in [-0.15, -0.1) is 0 Å². The van der Waals surface area contributed by atoms with Gasteiger partial charge in [0, 0.05) is 17.1 Å². The van der Waals surface area contributed by atoms with Gasteiger partial charge in [-0.25, -0.2) is 43.9 Å². The second kappa shape index (κ2) is 8.88. The minimum Gasteiger partial charge on any atom is -0.774 e. The van der Waals surface area contributed by atoms with Gasteiger partial charge in [0.1, 0.15) is 23.3 Å². The third kappa shape index (κ3) is 4.46. The van der Waals surface area contributed by atoms with Crippen LogP contribution in [-0.4, -0.2) is 0 Å². The molecule has 0 aromatic heterocycles. The molecule has 0 N–H and O–H groups in total. The average Bonchev–Trinajstić information content (AvgIpc) is 2.58. The summed E-state index contributed by atoms with van der Waals surface area (Å²) in [5.74, 6) is -20.3. The smallest absolute Gasteiger partial charge is 0.200 e. The van der Waals surface area contributed by atoms with Crippen LogP contribution in [0.1, 0.15) is 0 Å². The molecular formula is C12CuF10S2-2. The van der Waals surface area contributed by atoms with Crippen molar-refractivity contribution in [3.63, 3.8) is 0 Å². The van der Waals surface area contributed by atoms with Gasteiger partial charge in [-0.05, 0) is 0 Å². The molecule has 0 atom stereocenters. The molecule has 0 fully saturated rings. The average molecular weight is 462 g/mol. The van der Waals surface area contributed by atoms with Gasteiger partial charge in [0.15, 0.2) is 34.9 Å². The van der Waals surface area contributed by atoms with Gasteiger partial charge in [-0.1, -0.05) is 9.79 Å². The molecular weight excluding hydrogens is 462 g/mol. The summed E-state index contributed by atoms with van der Waals surface area (Å²) in [4.78, 5) is -2.57. The molecule has 0 saturated carbocycles. The van der Waals surface area contributed by atoms with Crippen LogP contribution in [0.15, 0.2) is 9.79 Å². The predicted molar refractivity (Wildman–Crippen MR) is 63.7 cm³/mol. The Balaban J connectivity index is 0.000000443. The van der Waals surface area contributed by atoms with Gasteiger partial charge < -0.3 is 25.3 Å². The molecule has 0 aliphatic heterocycles. The Kier molecular flexibility index (Phi) is 8.42. The van der Waals surface area contributed by atoms with Crippen molar-refractivity contribution in [1.82, 2.24) is 0 Å². The fourth-order valence-corrected chi connectivity index (χ4v) is 1.53. The van der Waals surface area contributed by atoms with E-state index >= 15 is 0 Å². The predicted octanol–water partition coefficient (Wildman–Crippen LogP) is 4.57. The van der Waals surface area contributed by atoms with Crippen molar-refractivity contribution in [1.29, 1.82) is 0 Å². The molecule has 0 bridgehead atoms. The number of halogens is 10. The van der Waals surface area contributed by atoms with Crippen LogP contribution < -0.4 is 0 Å². The van der Waals surface area contributed by atoms with E-state index in [1.807, 2.05) is 0 Å². The normalized spacial score (nSPS) is 10.0. The van der Waals surface area contributed by atoms with Crippen LogP contribution in [0.25, 0.3) is 0 Å². The van der Waals surface area contributed by atoms with Gasteiger partial charge in [0.25, 0.3) is 0 Å². The number of hydrogen-bond donors (Lipinski definition) is 0. The van der Waals surface area contributed by atoms with Crippen molar-refractivity contribution in [3.05, 3.63) is 58.2 Å². The molecule has 1 radical (unpaired) electrons. The molecule has 0 amide bonds. The summed E-state index contributed by atoms with van der Waals surface area (Å²) in [6, 6.07) is 0. The number of hydrogen-bond acceptors (Lipinski definition) is 2. The molecule has 2 rings (SSSR count). The van der Waals surface area contributed by atoms with Gasteiger partial charge in [-0.3, -0.25) is 0 Å². The molecule has 0 unspecified atom stereocenters. The van der Waals surface area contributed by atoms with Crippen LogP contribution in [-0.2, 0) is 42.3 Å². The summed E-state index contributed by atoms with van der Waals surface area (Å²) < 4.78 is 122. The van der Waals surface area contributed by atoms with E-state index in [0.29, 0.717) is 0 Å². The van der Waals surface area contributed by atoms with Crippen LogP contribution in [0.2, 0.25) is 0 Å². The first kappa shape index (κ1) is 23.7. The van der Waals surface area contributed by atoms with Crippen LogP contribution in [0.4, 0.5) is 43.9 Å². The van der Waals surface area contributed by atoms with Crippen molar-refractivity contribution < 1.29 is 61.0 Å². The third-order valence-electron chi connectivity index (χ3n) is 2.34. The van der Waals surface area contributed by atoms with Crippen molar-refractivity contribution in [2.45, 2.75) is 9.79 Å². The Morgan fingerprint density at radius 1 is 0.320 bits per heavy atom. The Hall–Kier alpha value is -1.30. The topological polar surface area (TPSA) is 0 Å². The fourth-order valence-electron chi connectivity index (χ4n) is 1.17. The number of benzene rings is 2. The minimum absolute atomic E-state index is 0. The molecule has 0 aliphatic rings. The van der Waals surface area contributed by atoms with E-state index in [-0.39, 0.29) is 17.1 Å². The van der Waals surface area contributed by atoms with Gasteiger partial charge in [-0.2, -0.15) is 0 Å². The zero-order valence-electron chi connectivity index (χ0n) is 10.9. The zero-order chi connectivity index (χ0) is 18.9. The van der Waals surface area contributed by atoms with Crippen molar-refractivity contribution >= 4 is 25.3 Å². The summed E-state index contributed by atoms with van der Waals surface area (Å²) >= 11 is 7.86. The quantitative estimate of drug-likeness (QED) is 0.185. The molecule has 0 nitrogen and oxygen atoms in total. The second-order valence-corrected chi connectivity index (χ2v) is 4.61. The van der Waals surface area contributed by atoms with E-state index in [4.69, 9.17) is 0 Å². The molecule has 0 aliphatic carbocycles. The zero-order valence-corrected chi connectivity index (χ0v) is 13.5. The van der Waals surface area contributed by atoms with Crippen molar-refractivity contribution in [3.8, 4) is 0 Å². The first-order valence-electron chi connectivity index (χ1n) is 5.30. The number of rotatable bonds is 0. The molecule has 25 heavy (non-hydrogen) atoms. The molecule has 2 aromatic carbocycles. The van der Waals surface area contributed by atoms with E-state index in [1.165, 1.54) is 0 Å². The maximum absolute atomic E-state index is 12.3. The first-order chi connectivity index (χ1) is 10.9. The van der Waals surface area contributed by atoms with Crippen LogP contribution in [0, 0.1) is 58.2 Å². The Bertz CT molecular complexity index is 534. The fraction of sp³-hybridized carbons (Fsp3) is 0. The summed E-state index contributed by atoms with van der Waals surface area (Å²) in [7, 11) is 0. The third-order valence-corrected chi connectivity index (χ3v) is 3.06. The van der Waals surface area contributed by atoms with Gasteiger partial charge >= 0.3 is 0 Å². The van der Waals surface area contributed by atoms with E-state index in [2.05, 4.69) is 25.3 Å². The first-order valence-corrected chi connectivity index (χ1v) is 6.11. The monoisotopic (exact) mass is 461 g/mol. The summed E-state index contributed by atoms with van der Waals surface area (Å²) in [5.41, 5.74) is 0. The minimum atomic E-state index is -2.20. The Morgan fingerprint density at radius 2 is 0.440 bits per heavy atom. The maximum Gasteiger partial charge on any atom is 0.200 e. The molecule has 143 valence electrons. The van der Waals surface area contributed by atoms with Crippen LogP contribution in [0.3, 0.4) is 0 Å². The van der Waals surface area contributed by atoms with Crippen LogP contribution >= 0.6 is 0 Å². The molecule has 2 aromatic rings. The van der Waals surface area contributed by atoms with Crippen LogP contribution in [0.5, 0.6) is 0 Å². The SMILES string of the molecule is Fc1c(F)c(F)c([S-])c(F)c1F.Fc1c(F)c(F)c([S-])c(F)c1F.[Cu].